The first-order chi connectivity index (χ1) is 10.1. The summed E-state index contributed by atoms with van der Waals surface area (Å²) in [6.07, 6.45) is 4.67. The van der Waals surface area contributed by atoms with Gasteiger partial charge in [0, 0.05) is 12.6 Å². The Morgan fingerprint density at radius 2 is 2.14 bits per heavy atom. The van der Waals surface area contributed by atoms with Crippen LogP contribution in [-0.4, -0.2) is 27.2 Å². The van der Waals surface area contributed by atoms with E-state index in [0.717, 1.165) is 32.1 Å². The Bertz CT molecular complexity index is 661. The molecule has 0 amide bonds. The number of nitro benzene ring substituents is 1. The molecule has 1 aliphatic carbocycles. The Hall–Kier alpha value is -2.15. The van der Waals surface area contributed by atoms with E-state index < -0.39 is 10.5 Å². The van der Waals surface area contributed by atoms with E-state index >= 15 is 0 Å². The summed E-state index contributed by atoms with van der Waals surface area (Å²) in [5.41, 5.74) is -0.242. The molecule has 2 aromatic rings. The van der Waals surface area contributed by atoms with E-state index in [1.165, 1.54) is 6.07 Å². The molecule has 0 bridgehead atoms. The van der Waals surface area contributed by atoms with Crippen molar-refractivity contribution < 1.29 is 14.4 Å². The molecule has 1 aliphatic rings. The Balaban J connectivity index is 1.78. The molecule has 1 saturated carbocycles. The standard InChI is InChI=1S/C14H17N3O4/c18-14(7-2-1-3-8-14)9-15-13-16-12-10(17(19)20)5-4-6-11(12)21-13/h4-6,18H,1-3,7-9H2,(H,15,16). The van der Waals surface area contributed by atoms with Crippen LogP contribution in [0.3, 0.4) is 0 Å². The third-order valence-corrected chi connectivity index (χ3v) is 3.95. The van der Waals surface area contributed by atoms with Gasteiger partial charge >= 0.3 is 0 Å². The number of aromatic nitrogens is 1. The van der Waals surface area contributed by atoms with Crippen molar-refractivity contribution >= 4 is 22.8 Å². The predicted molar refractivity (Wildman–Crippen MR) is 77.2 cm³/mol. The van der Waals surface area contributed by atoms with Crippen molar-refractivity contribution in [1.82, 2.24) is 4.98 Å². The monoisotopic (exact) mass is 291 g/mol. The van der Waals surface area contributed by atoms with Crippen LogP contribution in [0.5, 0.6) is 0 Å². The molecular formula is C14H17N3O4. The molecule has 1 heterocycles. The first-order valence-electron chi connectivity index (χ1n) is 7.08. The molecule has 1 fully saturated rings. The third kappa shape index (κ3) is 2.82. The first kappa shape index (κ1) is 13.8. The van der Waals surface area contributed by atoms with Crippen molar-refractivity contribution in [3.05, 3.63) is 28.3 Å². The Morgan fingerprint density at radius 1 is 1.38 bits per heavy atom. The van der Waals surface area contributed by atoms with Gasteiger partial charge in [-0.05, 0) is 18.9 Å². The molecule has 7 heteroatoms. The lowest BCUT2D eigenvalue weighted by molar-refractivity contribution is -0.383. The van der Waals surface area contributed by atoms with Crippen molar-refractivity contribution in [1.29, 1.82) is 0 Å². The van der Waals surface area contributed by atoms with Crippen LogP contribution in [-0.2, 0) is 0 Å². The average Bonchev–Trinajstić information content (AvgIpc) is 2.88. The maximum Gasteiger partial charge on any atom is 0.298 e. The normalized spacial score (nSPS) is 17.8. The van der Waals surface area contributed by atoms with Crippen LogP contribution < -0.4 is 5.32 Å². The molecule has 0 atom stereocenters. The number of anilines is 1. The van der Waals surface area contributed by atoms with Crippen LogP contribution in [0.2, 0.25) is 0 Å². The van der Waals surface area contributed by atoms with Gasteiger partial charge in [-0.25, -0.2) is 0 Å². The lowest BCUT2D eigenvalue weighted by Gasteiger charge is -2.31. The second-order valence-electron chi connectivity index (χ2n) is 5.54. The highest BCUT2D eigenvalue weighted by Crippen LogP contribution is 2.30. The van der Waals surface area contributed by atoms with Gasteiger partial charge in [-0.2, -0.15) is 4.98 Å². The summed E-state index contributed by atoms with van der Waals surface area (Å²) >= 11 is 0. The highest BCUT2D eigenvalue weighted by molar-refractivity contribution is 5.83. The summed E-state index contributed by atoms with van der Waals surface area (Å²) < 4.78 is 5.46. The molecule has 7 nitrogen and oxygen atoms in total. The van der Waals surface area contributed by atoms with E-state index in [1.54, 1.807) is 12.1 Å². The molecule has 0 radical (unpaired) electrons. The van der Waals surface area contributed by atoms with E-state index in [2.05, 4.69) is 10.3 Å². The number of nitrogens with one attached hydrogen (secondary N) is 1. The molecule has 112 valence electrons. The van der Waals surface area contributed by atoms with Gasteiger partial charge in [-0.15, -0.1) is 0 Å². The molecule has 1 aromatic carbocycles. The summed E-state index contributed by atoms with van der Waals surface area (Å²) in [6.45, 7) is 0.341. The summed E-state index contributed by atoms with van der Waals surface area (Å²) in [5, 5.41) is 24.3. The van der Waals surface area contributed by atoms with Gasteiger partial charge < -0.3 is 14.8 Å². The minimum absolute atomic E-state index is 0.0827. The number of aliphatic hydroxyl groups is 1. The maximum absolute atomic E-state index is 10.9. The molecule has 0 aliphatic heterocycles. The van der Waals surface area contributed by atoms with Gasteiger partial charge in [0.05, 0.1) is 10.5 Å². The number of benzene rings is 1. The van der Waals surface area contributed by atoms with Crippen molar-refractivity contribution in [2.75, 3.05) is 11.9 Å². The molecular weight excluding hydrogens is 274 g/mol. The zero-order chi connectivity index (χ0) is 14.9. The molecule has 1 aromatic heterocycles. The van der Waals surface area contributed by atoms with E-state index in [1.807, 2.05) is 0 Å². The van der Waals surface area contributed by atoms with Crippen molar-refractivity contribution in [2.24, 2.45) is 0 Å². The zero-order valence-corrected chi connectivity index (χ0v) is 11.5. The van der Waals surface area contributed by atoms with Crippen LogP contribution in [0.15, 0.2) is 22.6 Å². The quantitative estimate of drug-likeness (QED) is 0.663. The smallest absolute Gasteiger partial charge is 0.298 e. The Kier molecular flexibility index (Phi) is 3.50. The van der Waals surface area contributed by atoms with Crippen LogP contribution in [0.1, 0.15) is 32.1 Å². The van der Waals surface area contributed by atoms with Gasteiger partial charge in [0.1, 0.15) is 0 Å². The summed E-state index contributed by atoms with van der Waals surface area (Å²) in [7, 11) is 0. The molecule has 21 heavy (non-hydrogen) atoms. The van der Waals surface area contributed by atoms with Crippen LogP contribution >= 0.6 is 0 Å². The molecule has 0 saturated heterocycles. The first-order valence-corrected chi connectivity index (χ1v) is 7.08. The number of oxazole rings is 1. The molecule has 0 unspecified atom stereocenters. The van der Waals surface area contributed by atoms with Crippen LogP contribution in [0, 0.1) is 10.1 Å². The van der Waals surface area contributed by atoms with Gasteiger partial charge in [0.25, 0.3) is 11.7 Å². The van der Waals surface area contributed by atoms with E-state index in [9.17, 15) is 15.2 Å². The maximum atomic E-state index is 10.9. The minimum atomic E-state index is -0.745. The van der Waals surface area contributed by atoms with Crippen LogP contribution in [0.25, 0.3) is 11.1 Å². The average molecular weight is 291 g/mol. The molecule has 0 spiro atoms. The molecule has 3 rings (SSSR count). The number of nitro groups is 1. The van der Waals surface area contributed by atoms with Crippen LogP contribution in [0.4, 0.5) is 11.7 Å². The second kappa shape index (κ2) is 5.33. The highest BCUT2D eigenvalue weighted by Gasteiger charge is 2.29. The van der Waals surface area contributed by atoms with Crippen molar-refractivity contribution in [3.63, 3.8) is 0 Å². The third-order valence-electron chi connectivity index (χ3n) is 3.95. The van der Waals surface area contributed by atoms with Gasteiger partial charge in [-0.3, -0.25) is 10.1 Å². The number of hydrogen-bond acceptors (Lipinski definition) is 6. The fraction of sp³-hybridized carbons (Fsp3) is 0.500. The van der Waals surface area contributed by atoms with E-state index in [0.29, 0.717) is 12.1 Å². The van der Waals surface area contributed by atoms with E-state index in [-0.39, 0.29) is 17.2 Å². The van der Waals surface area contributed by atoms with E-state index in [4.69, 9.17) is 4.42 Å². The SMILES string of the molecule is O=[N+]([O-])c1cccc2oc(NCC3(O)CCCCC3)nc12. The fourth-order valence-corrected chi connectivity index (χ4v) is 2.78. The summed E-state index contributed by atoms with van der Waals surface area (Å²) in [4.78, 5) is 14.6. The topological polar surface area (TPSA) is 101 Å². The zero-order valence-electron chi connectivity index (χ0n) is 11.5. The summed E-state index contributed by atoms with van der Waals surface area (Å²) in [5.74, 6) is 0. The number of rotatable bonds is 4. The fourth-order valence-electron chi connectivity index (χ4n) is 2.78. The second-order valence-corrected chi connectivity index (χ2v) is 5.54. The number of non-ortho nitro benzene ring substituents is 1. The van der Waals surface area contributed by atoms with Crippen molar-refractivity contribution in [2.45, 2.75) is 37.7 Å². The number of nitrogens with zero attached hydrogens (tertiary/aromatic N) is 2. The Morgan fingerprint density at radius 3 is 2.86 bits per heavy atom. The summed E-state index contributed by atoms with van der Waals surface area (Å²) in [6, 6.07) is 4.79. The predicted octanol–water partition coefficient (Wildman–Crippen LogP) is 2.84. The number of hydrogen-bond donors (Lipinski definition) is 2. The largest absolute Gasteiger partial charge is 0.423 e. The number of fused-ring (bicyclic) bond motifs is 1. The molecule has 2 N–H and O–H groups in total. The lowest BCUT2D eigenvalue weighted by atomic mass is 9.85. The Labute approximate surface area is 121 Å². The van der Waals surface area contributed by atoms with Gasteiger partial charge in [0.15, 0.2) is 11.1 Å². The van der Waals surface area contributed by atoms with Gasteiger partial charge in [-0.1, -0.05) is 25.3 Å². The lowest BCUT2D eigenvalue weighted by Crippen LogP contribution is -2.38. The minimum Gasteiger partial charge on any atom is -0.423 e. The number of para-hydroxylation sites is 1. The van der Waals surface area contributed by atoms with Crippen molar-refractivity contribution in [3.8, 4) is 0 Å². The highest BCUT2D eigenvalue weighted by atomic mass is 16.6. The van der Waals surface area contributed by atoms with Gasteiger partial charge in [0.2, 0.25) is 0 Å².